The molecule has 0 saturated heterocycles. The summed E-state index contributed by atoms with van der Waals surface area (Å²) in [6.07, 6.45) is -5.13. The zero-order chi connectivity index (χ0) is 24.3. The minimum Gasteiger partial charge on any atom is -0.370 e. The Morgan fingerprint density at radius 3 is 2.42 bits per heavy atom. The van der Waals surface area contributed by atoms with Gasteiger partial charge in [0.25, 0.3) is 5.91 Å². The number of amides is 3. The summed E-state index contributed by atoms with van der Waals surface area (Å²) in [4.78, 5) is 40.2. The molecular formula is C21H17F3N6O3. The first-order valence-electron chi connectivity index (χ1n) is 9.46. The van der Waals surface area contributed by atoms with Crippen LogP contribution in [0.25, 0.3) is 11.0 Å². The molecule has 0 unspecified atom stereocenters. The number of halogens is 3. The molecule has 0 aliphatic rings. The molecule has 33 heavy (non-hydrogen) atoms. The molecule has 0 aliphatic carbocycles. The van der Waals surface area contributed by atoms with Crippen LogP contribution in [0.15, 0.2) is 42.5 Å². The number of aromatic nitrogens is 2. The van der Waals surface area contributed by atoms with E-state index in [1.807, 2.05) is 6.07 Å². The Hall–Kier alpha value is -4.40. The second kappa shape index (κ2) is 8.99. The summed E-state index contributed by atoms with van der Waals surface area (Å²) >= 11 is 0. The van der Waals surface area contributed by atoms with Crippen LogP contribution in [0.2, 0.25) is 0 Å². The van der Waals surface area contributed by atoms with E-state index in [4.69, 9.17) is 11.0 Å². The number of hydrogen-bond acceptors (Lipinski definition) is 5. The van der Waals surface area contributed by atoms with Gasteiger partial charge in [-0.2, -0.15) is 18.4 Å². The van der Waals surface area contributed by atoms with Crippen LogP contribution >= 0.6 is 0 Å². The number of rotatable bonds is 6. The van der Waals surface area contributed by atoms with Crippen molar-refractivity contribution in [2.24, 2.45) is 5.73 Å². The molecule has 0 atom stereocenters. The van der Waals surface area contributed by atoms with Crippen molar-refractivity contribution in [3.63, 3.8) is 0 Å². The van der Waals surface area contributed by atoms with E-state index in [1.54, 1.807) is 0 Å². The first-order chi connectivity index (χ1) is 15.5. The Bertz CT molecular complexity index is 1280. The quantitative estimate of drug-likeness (QED) is 0.586. The van der Waals surface area contributed by atoms with Gasteiger partial charge in [-0.25, -0.2) is 4.98 Å². The Morgan fingerprint density at radius 2 is 1.85 bits per heavy atom. The fraction of sp³-hybridized carbons (Fsp3) is 0.190. The van der Waals surface area contributed by atoms with Crippen LogP contribution in [-0.2, 0) is 16.1 Å². The topological polar surface area (TPSA) is 134 Å². The zero-order valence-electron chi connectivity index (χ0n) is 17.2. The minimum atomic E-state index is -5.05. The summed E-state index contributed by atoms with van der Waals surface area (Å²) in [5.41, 5.74) is 6.36. The van der Waals surface area contributed by atoms with E-state index in [1.165, 1.54) is 47.0 Å². The lowest BCUT2D eigenvalue weighted by Crippen LogP contribution is -2.38. The number of nitrogens with two attached hydrogens (primary N) is 1. The third-order valence-electron chi connectivity index (χ3n) is 4.75. The smallest absolute Gasteiger partial charge is 0.370 e. The van der Waals surface area contributed by atoms with Gasteiger partial charge in [-0.15, -0.1) is 0 Å². The maximum Gasteiger partial charge on any atom is 0.471 e. The molecule has 3 amide bonds. The first-order valence-corrected chi connectivity index (χ1v) is 9.46. The predicted octanol–water partition coefficient (Wildman–Crippen LogP) is 2.56. The largest absolute Gasteiger partial charge is 0.471 e. The Morgan fingerprint density at radius 1 is 1.18 bits per heavy atom. The van der Waals surface area contributed by atoms with Crippen LogP contribution in [0.3, 0.4) is 0 Å². The van der Waals surface area contributed by atoms with Crippen molar-refractivity contribution in [1.29, 1.82) is 5.26 Å². The van der Waals surface area contributed by atoms with E-state index in [-0.39, 0.29) is 35.7 Å². The molecular weight excluding hydrogens is 441 g/mol. The fourth-order valence-corrected chi connectivity index (χ4v) is 3.05. The molecule has 2 aromatic carbocycles. The van der Waals surface area contributed by atoms with Crippen molar-refractivity contribution in [3.8, 4) is 6.07 Å². The molecule has 0 spiro atoms. The molecule has 0 aliphatic heterocycles. The third-order valence-corrected chi connectivity index (χ3v) is 4.75. The molecule has 3 rings (SSSR count). The maximum absolute atomic E-state index is 12.8. The molecule has 1 heterocycles. The van der Waals surface area contributed by atoms with E-state index < -0.39 is 23.9 Å². The highest BCUT2D eigenvalue weighted by molar-refractivity contribution is 6.04. The highest BCUT2D eigenvalue weighted by atomic mass is 19.4. The predicted molar refractivity (Wildman–Crippen MR) is 112 cm³/mol. The molecule has 0 saturated carbocycles. The van der Waals surface area contributed by atoms with Crippen molar-refractivity contribution >= 4 is 40.4 Å². The van der Waals surface area contributed by atoms with E-state index >= 15 is 0 Å². The van der Waals surface area contributed by atoms with Gasteiger partial charge in [0.15, 0.2) is 0 Å². The number of imidazole rings is 1. The number of nitrogens with one attached hydrogen (secondary N) is 1. The number of alkyl halides is 3. The number of carbonyl (C=O) groups excluding carboxylic acids is 3. The van der Waals surface area contributed by atoms with Gasteiger partial charge in [0.2, 0.25) is 11.9 Å². The molecule has 3 aromatic rings. The summed E-state index contributed by atoms with van der Waals surface area (Å²) in [6.45, 7) is 0.0471. The van der Waals surface area contributed by atoms with Crippen molar-refractivity contribution in [3.05, 3.63) is 53.6 Å². The van der Waals surface area contributed by atoms with Crippen LogP contribution in [0, 0.1) is 11.3 Å². The zero-order valence-corrected chi connectivity index (χ0v) is 17.2. The number of carbonyl (C=O) groups is 3. The van der Waals surface area contributed by atoms with Crippen LogP contribution in [-0.4, -0.2) is 40.5 Å². The average molecular weight is 458 g/mol. The lowest BCUT2D eigenvalue weighted by molar-refractivity contribution is -0.170. The molecule has 0 radical (unpaired) electrons. The summed E-state index contributed by atoms with van der Waals surface area (Å²) < 4.78 is 39.8. The summed E-state index contributed by atoms with van der Waals surface area (Å²) in [5, 5.41) is 11.5. The molecule has 170 valence electrons. The van der Waals surface area contributed by atoms with Gasteiger partial charge in [0.05, 0.1) is 22.7 Å². The van der Waals surface area contributed by atoms with Crippen molar-refractivity contribution < 1.29 is 27.6 Å². The van der Waals surface area contributed by atoms with Gasteiger partial charge in [-0.1, -0.05) is 0 Å². The maximum atomic E-state index is 12.8. The highest BCUT2D eigenvalue weighted by Gasteiger charge is 2.41. The fourth-order valence-electron chi connectivity index (χ4n) is 3.05. The van der Waals surface area contributed by atoms with E-state index in [0.717, 1.165) is 7.05 Å². The van der Waals surface area contributed by atoms with Crippen LogP contribution < -0.4 is 16.0 Å². The number of nitriles is 1. The second-order valence-corrected chi connectivity index (χ2v) is 6.98. The van der Waals surface area contributed by atoms with Crippen LogP contribution in [0.5, 0.6) is 0 Å². The van der Waals surface area contributed by atoms with E-state index in [2.05, 4.69) is 10.3 Å². The summed E-state index contributed by atoms with van der Waals surface area (Å²) in [5.74, 6) is -3.18. The SMILES string of the molecule is CN(C(=O)C(F)(F)F)c1ccc2c(c1)nc(NC(=O)c1ccc(C#N)cc1)n2CCC(N)=O. The number of benzene rings is 2. The number of nitrogens with zero attached hydrogens (tertiary/aromatic N) is 4. The average Bonchev–Trinajstić information content (AvgIpc) is 3.11. The van der Waals surface area contributed by atoms with Gasteiger partial charge in [-0.05, 0) is 42.5 Å². The van der Waals surface area contributed by atoms with Crippen LogP contribution in [0.1, 0.15) is 22.3 Å². The molecule has 3 N–H and O–H groups in total. The van der Waals surface area contributed by atoms with Crippen LogP contribution in [0.4, 0.5) is 24.8 Å². The molecule has 9 nitrogen and oxygen atoms in total. The van der Waals surface area contributed by atoms with Gasteiger partial charge in [0.1, 0.15) is 0 Å². The van der Waals surface area contributed by atoms with Gasteiger partial charge < -0.3 is 15.2 Å². The molecule has 12 heteroatoms. The Balaban J connectivity index is 1.98. The van der Waals surface area contributed by atoms with E-state index in [9.17, 15) is 27.6 Å². The lowest BCUT2D eigenvalue weighted by Gasteiger charge is -2.18. The Labute approximate surface area is 185 Å². The number of aryl methyl sites for hydroxylation is 1. The number of fused-ring (bicyclic) bond motifs is 1. The molecule has 0 fully saturated rings. The number of primary amides is 1. The number of hydrogen-bond donors (Lipinski definition) is 2. The third kappa shape index (κ3) is 5.09. The Kier molecular flexibility index (Phi) is 6.34. The van der Waals surface area contributed by atoms with Crippen molar-refractivity contribution in [1.82, 2.24) is 9.55 Å². The number of anilines is 2. The highest BCUT2D eigenvalue weighted by Crippen LogP contribution is 2.28. The van der Waals surface area contributed by atoms with Gasteiger partial charge in [-0.3, -0.25) is 19.7 Å². The first kappa shape index (κ1) is 23.3. The standard InChI is InChI=1S/C21H17F3N6O3/c1-29(19(33)21(22,23)24)14-6-7-16-15(10-14)27-20(30(16)9-8-17(26)31)28-18(32)13-4-2-12(11-25)3-5-13/h2-7,10H,8-9H2,1H3,(H2,26,31)(H,27,28,32). The molecule has 0 bridgehead atoms. The second-order valence-electron chi connectivity index (χ2n) is 6.98. The van der Waals surface area contributed by atoms with E-state index in [0.29, 0.717) is 16.0 Å². The van der Waals surface area contributed by atoms with Crippen molar-refractivity contribution in [2.75, 3.05) is 17.3 Å². The summed E-state index contributed by atoms with van der Waals surface area (Å²) in [7, 11) is 0.981. The normalized spacial score (nSPS) is 11.1. The van der Waals surface area contributed by atoms with Gasteiger partial charge >= 0.3 is 12.1 Å². The summed E-state index contributed by atoms with van der Waals surface area (Å²) in [6, 6.07) is 11.7. The molecule has 1 aromatic heterocycles. The monoisotopic (exact) mass is 458 g/mol. The lowest BCUT2D eigenvalue weighted by atomic mass is 10.1. The minimum absolute atomic E-state index is 0.0301. The van der Waals surface area contributed by atoms with Crippen molar-refractivity contribution in [2.45, 2.75) is 19.1 Å². The van der Waals surface area contributed by atoms with Gasteiger partial charge in [0, 0.05) is 31.3 Å².